The van der Waals surface area contributed by atoms with Crippen molar-refractivity contribution in [3.63, 3.8) is 0 Å². The molecule has 25 heavy (non-hydrogen) atoms. The van der Waals surface area contributed by atoms with E-state index in [1.54, 1.807) is 6.07 Å². The first kappa shape index (κ1) is 15.4. The van der Waals surface area contributed by atoms with Gasteiger partial charge in [-0.1, -0.05) is 11.2 Å². The minimum atomic E-state index is -0.326. The summed E-state index contributed by atoms with van der Waals surface area (Å²) >= 11 is 0. The number of nitrogens with zero attached hydrogens (tertiary/aromatic N) is 4. The van der Waals surface area contributed by atoms with Crippen molar-refractivity contribution in [3.05, 3.63) is 52.5 Å². The molecule has 3 aromatic rings. The highest BCUT2D eigenvalue weighted by Gasteiger charge is 2.33. The quantitative estimate of drug-likeness (QED) is 0.791. The Morgan fingerprint density at radius 2 is 2.00 bits per heavy atom. The summed E-state index contributed by atoms with van der Waals surface area (Å²) in [6, 6.07) is 7.70. The highest BCUT2D eigenvalue weighted by molar-refractivity contribution is 6.03. The van der Waals surface area contributed by atoms with Crippen LogP contribution in [0.3, 0.4) is 0 Å². The third-order valence-electron chi connectivity index (χ3n) is 4.33. The van der Waals surface area contributed by atoms with Gasteiger partial charge in [0.25, 0.3) is 0 Å². The fraction of sp³-hybridized carbons (Fsp3) is 0.278. The third-order valence-corrected chi connectivity index (χ3v) is 4.33. The normalized spacial score (nSPS) is 16.0. The molecule has 0 spiro atoms. The highest BCUT2D eigenvalue weighted by Crippen LogP contribution is 2.37. The number of aromatic nitrogens is 4. The van der Waals surface area contributed by atoms with Crippen LogP contribution in [0, 0.1) is 20.8 Å². The van der Waals surface area contributed by atoms with Crippen molar-refractivity contribution < 1.29 is 9.32 Å². The second-order valence-electron chi connectivity index (χ2n) is 6.36. The second kappa shape index (κ2) is 5.77. The lowest BCUT2D eigenvalue weighted by atomic mass is 9.92. The number of anilines is 1. The molecular formula is C18H17N5O2. The Bertz CT molecular complexity index is 962. The van der Waals surface area contributed by atoms with E-state index in [-0.39, 0.29) is 11.8 Å². The van der Waals surface area contributed by atoms with Crippen LogP contribution in [0.15, 0.2) is 28.8 Å². The average Bonchev–Trinajstić information content (AvgIpc) is 3.14. The van der Waals surface area contributed by atoms with Crippen LogP contribution in [-0.2, 0) is 11.2 Å². The molecule has 126 valence electrons. The second-order valence-corrected chi connectivity index (χ2v) is 6.36. The Hall–Kier alpha value is -3.09. The molecule has 1 amide bonds. The zero-order valence-corrected chi connectivity index (χ0v) is 14.2. The van der Waals surface area contributed by atoms with Gasteiger partial charge in [0.05, 0.1) is 11.6 Å². The number of hydrogen-bond acceptors (Lipinski definition) is 6. The first-order chi connectivity index (χ1) is 12.0. The van der Waals surface area contributed by atoms with Crippen molar-refractivity contribution >= 4 is 11.6 Å². The number of carbonyl (C=O) groups is 1. The zero-order chi connectivity index (χ0) is 17.6. The molecule has 0 radical (unpaired) electrons. The maximum absolute atomic E-state index is 12.4. The number of amides is 1. The number of carbonyl (C=O) groups excluding carboxylic acids is 1. The number of rotatable bonds is 3. The average molecular weight is 335 g/mol. The molecule has 0 saturated heterocycles. The molecule has 0 fully saturated rings. The van der Waals surface area contributed by atoms with Crippen molar-refractivity contribution in [3.8, 4) is 11.5 Å². The number of fused-ring (bicyclic) bond motifs is 1. The van der Waals surface area contributed by atoms with E-state index in [4.69, 9.17) is 4.52 Å². The minimum absolute atomic E-state index is 0.0430. The fourth-order valence-electron chi connectivity index (χ4n) is 3.23. The molecule has 0 aliphatic carbocycles. The molecule has 1 unspecified atom stereocenters. The van der Waals surface area contributed by atoms with Gasteiger partial charge in [0.1, 0.15) is 5.69 Å². The molecule has 1 atom stereocenters. The number of nitrogens with one attached hydrogen (secondary N) is 1. The van der Waals surface area contributed by atoms with Gasteiger partial charge in [-0.05, 0) is 55.7 Å². The van der Waals surface area contributed by atoms with Crippen LogP contribution >= 0.6 is 0 Å². The van der Waals surface area contributed by atoms with Crippen LogP contribution in [0.25, 0.3) is 11.5 Å². The molecule has 1 aliphatic heterocycles. The van der Waals surface area contributed by atoms with Gasteiger partial charge < -0.3 is 9.84 Å². The van der Waals surface area contributed by atoms with Crippen molar-refractivity contribution in [2.75, 3.05) is 5.32 Å². The summed E-state index contributed by atoms with van der Waals surface area (Å²) in [6.45, 7) is 5.89. The van der Waals surface area contributed by atoms with Crippen LogP contribution in [0.4, 0.5) is 5.69 Å². The molecule has 1 N–H and O–H groups in total. The summed E-state index contributed by atoms with van der Waals surface area (Å²) in [5.74, 6) is 0.415. The van der Waals surface area contributed by atoms with Crippen LogP contribution in [0.5, 0.6) is 0 Å². The molecule has 1 aromatic carbocycles. The molecule has 1 aliphatic rings. The maximum Gasteiger partial charge on any atom is 0.232 e. The largest absolute Gasteiger partial charge is 0.339 e. The van der Waals surface area contributed by atoms with Gasteiger partial charge >= 0.3 is 0 Å². The summed E-state index contributed by atoms with van der Waals surface area (Å²) < 4.78 is 5.33. The summed E-state index contributed by atoms with van der Waals surface area (Å²) in [7, 11) is 0. The Morgan fingerprint density at radius 1 is 1.16 bits per heavy atom. The Balaban J connectivity index is 1.62. The van der Waals surface area contributed by atoms with E-state index < -0.39 is 0 Å². The lowest BCUT2D eigenvalue weighted by Crippen LogP contribution is -2.14. The van der Waals surface area contributed by atoms with Gasteiger partial charge in [-0.15, -0.1) is 5.10 Å². The Morgan fingerprint density at radius 3 is 2.76 bits per heavy atom. The van der Waals surface area contributed by atoms with Gasteiger partial charge in [-0.2, -0.15) is 10.1 Å². The van der Waals surface area contributed by atoms with E-state index >= 15 is 0 Å². The molecule has 7 heteroatoms. The number of hydrogen-bond donors (Lipinski definition) is 1. The van der Waals surface area contributed by atoms with E-state index in [0.717, 1.165) is 28.1 Å². The lowest BCUT2D eigenvalue weighted by molar-refractivity contribution is -0.117. The van der Waals surface area contributed by atoms with Crippen molar-refractivity contribution in [1.82, 2.24) is 20.3 Å². The van der Waals surface area contributed by atoms with Gasteiger partial charge in [0, 0.05) is 12.1 Å². The predicted molar refractivity (Wildman–Crippen MR) is 91.1 cm³/mol. The molecule has 7 nitrogen and oxygen atoms in total. The van der Waals surface area contributed by atoms with Gasteiger partial charge in [0.2, 0.25) is 17.6 Å². The first-order valence-corrected chi connectivity index (χ1v) is 8.06. The maximum atomic E-state index is 12.4. The number of aryl methyl sites for hydroxylation is 3. The fourth-order valence-corrected chi connectivity index (χ4v) is 3.23. The van der Waals surface area contributed by atoms with E-state index in [1.807, 2.05) is 32.9 Å². The summed E-state index contributed by atoms with van der Waals surface area (Å²) in [5, 5.41) is 14.9. The van der Waals surface area contributed by atoms with Crippen LogP contribution in [0.1, 0.15) is 34.2 Å². The van der Waals surface area contributed by atoms with Crippen molar-refractivity contribution in [2.24, 2.45) is 0 Å². The van der Waals surface area contributed by atoms with Crippen molar-refractivity contribution in [2.45, 2.75) is 33.1 Å². The van der Waals surface area contributed by atoms with Crippen LogP contribution < -0.4 is 5.32 Å². The Labute approximate surface area is 144 Å². The zero-order valence-electron chi connectivity index (χ0n) is 14.2. The standard InChI is InChI=1S/C18H17N5O2/c1-9-6-10(2)16-12(18(24)19-14(16)7-9)8-15-20-17(23-25-15)13-5-4-11(3)21-22-13/h4-7,12H,8H2,1-3H3,(H,19,24). The SMILES string of the molecule is Cc1cc(C)c2c(c1)NC(=O)C2Cc1nc(-c2ccc(C)nn2)no1. The smallest absolute Gasteiger partial charge is 0.232 e. The van der Waals surface area contributed by atoms with E-state index in [9.17, 15) is 4.79 Å². The van der Waals surface area contributed by atoms with E-state index in [1.165, 1.54) is 0 Å². The van der Waals surface area contributed by atoms with E-state index in [2.05, 4.69) is 31.7 Å². The predicted octanol–water partition coefficient (Wildman–Crippen LogP) is 2.73. The number of benzene rings is 1. The minimum Gasteiger partial charge on any atom is -0.339 e. The summed E-state index contributed by atoms with van der Waals surface area (Å²) in [4.78, 5) is 16.8. The first-order valence-electron chi connectivity index (χ1n) is 8.06. The van der Waals surface area contributed by atoms with Crippen molar-refractivity contribution in [1.29, 1.82) is 0 Å². The van der Waals surface area contributed by atoms with Gasteiger partial charge in [0.15, 0.2) is 0 Å². The molecular weight excluding hydrogens is 318 g/mol. The lowest BCUT2D eigenvalue weighted by Gasteiger charge is -2.09. The van der Waals surface area contributed by atoms with Crippen LogP contribution in [-0.4, -0.2) is 26.2 Å². The molecule has 4 rings (SSSR count). The summed E-state index contributed by atoms with van der Waals surface area (Å²) in [6.07, 6.45) is 0.356. The van der Waals surface area contributed by atoms with Gasteiger partial charge in [-0.3, -0.25) is 4.79 Å². The molecule has 3 heterocycles. The van der Waals surface area contributed by atoms with E-state index in [0.29, 0.717) is 23.8 Å². The topological polar surface area (TPSA) is 93.8 Å². The summed E-state index contributed by atoms with van der Waals surface area (Å²) in [5.41, 5.74) is 5.45. The van der Waals surface area contributed by atoms with Crippen LogP contribution in [0.2, 0.25) is 0 Å². The van der Waals surface area contributed by atoms with Gasteiger partial charge in [-0.25, -0.2) is 0 Å². The molecule has 0 saturated carbocycles. The molecule has 0 bridgehead atoms. The monoisotopic (exact) mass is 335 g/mol. The molecule has 2 aromatic heterocycles. The Kier molecular flexibility index (Phi) is 3.56. The highest BCUT2D eigenvalue weighted by atomic mass is 16.5. The third kappa shape index (κ3) is 2.77.